The number of aryl methyl sites for hydroxylation is 1. The number of benzene rings is 1. The van der Waals surface area contributed by atoms with E-state index in [1.54, 1.807) is 7.05 Å². The number of fused-ring (bicyclic) bond motifs is 1. The van der Waals surface area contributed by atoms with Gasteiger partial charge in [-0.25, -0.2) is 17.5 Å². The second-order valence-corrected chi connectivity index (χ2v) is 6.19. The van der Waals surface area contributed by atoms with Gasteiger partial charge in [0.25, 0.3) is 0 Å². The van der Waals surface area contributed by atoms with Crippen molar-refractivity contribution in [2.24, 2.45) is 7.05 Å². The van der Waals surface area contributed by atoms with E-state index in [1.165, 1.54) is 23.9 Å². The van der Waals surface area contributed by atoms with Crippen molar-refractivity contribution in [1.29, 1.82) is 0 Å². The summed E-state index contributed by atoms with van der Waals surface area (Å²) in [5.41, 5.74) is -0.413. The van der Waals surface area contributed by atoms with Crippen LogP contribution in [0.5, 0.6) is 0 Å². The number of sulfonamides is 1. The molecule has 0 unspecified atom stereocenters. The molecular weight excluding hydrogens is 295 g/mol. The van der Waals surface area contributed by atoms with Gasteiger partial charge < -0.3 is 4.57 Å². The van der Waals surface area contributed by atoms with Gasteiger partial charge in [0.05, 0.1) is 15.9 Å². The molecule has 102 valence electrons. The van der Waals surface area contributed by atoms with E-state index >= 15 is 0 Å². The van der Waals surface area contributed by atoms with Crippen LogP contribution in [-0.2, 0) is 17.1 Å². The van der Waals surface area contributed by atoms with E-state index in [0.29, 0.717) is 5.52 Å². The quantitative estimate of drug-likeness (QED) is 0.907. The standard InChI is InChI=1S/C11H10ClFN2O3S/c1-14-19(17,18)10-5-15(2)9-4-7(12)8(13)3-6(9)11(10)16/h3-5,14H,1-2H3. The third-order valence-corrected chi connectivity index (χ3v) is 4.45. The summed E-state index contributed by atoms with van der Waals surface area (Å²) >= 11 is 5.65. The topological polar surface area (TPSA) is 68.2 Å². The Balaban J connectivity index is 2.99. The molecule has 0 aliphatic rings. The summed E-state index contributed by atoms with van der Waals surface area (Å²) in [5, 5.41) is -0.174. The normalized spacial score (nSPS) is 12.0. The number of rotatable bonds is 2. The Bertz CT molecular complexity index is 830. The molecule has 5 nitrogen and oxygen atoms in total. The molecule has 1 N–H and O–H groups in total. The second kappa shape index (κ2) is 4.59. The van der Waals surface area contributed by atoms with E-state index in [0.717, 1.165) is 6.07 Å². The van der Waals surface area contributed by atoms with Crippen LogP contribution >= 0.6 is 11.6 Å². The van der Waals surface area contributed by atoms with Gasteiger partial charge in [-0.1, -0.05) is 11.6 Å². The zero-order chi connectivity index (χ0) is 14.4. The van der Waals surface area contributed by atoms with Crippen molar-refractivity contribution in [2.45, 2.75) is 4.90 Å². The Morgan fingerprint density at radius 2 is 2.00 bits per heavy atom. The molecule has 2 rings (SSSR count). The van der Waals surface area contributed by atoms with Crippen LogP contribution in [0.4, 0.5) is 4.39 Å². The van der Waals surface area contributed by atoms with Crippen LogP contribution in [0.3, 0.4) is 0 Å². The lowest BCUT2D eigenvalue weighted by Gasteiger charge is -2.09. The third kappa shape index (κ3) is 2.24. The molecule has 0 bridgehead atoms. The predicted molar refractivity (Wildman–Crippen MR) is 70.4 cm³/mol. The van der Waals surface area contributed by atoms with Crippen molar-refractivity contribution >= 4 is 32.5 Å². The first-order valence-electron chi connectivity index (χ1n) is 5.20. The maximum atomic E-state index is 13.4. The van der Waals surface area contributed by atoms with Gasteiger partial charge >= 0.3 is 0 Å². The summed E-state index contributed by atoms with van der Waals surface area (Å²) in [6.45, 7) is 0. The number of aromatic nitrogens is 1. The molecule has 1 aromatic carbocycles. The molecule has 0 amide bonds. The Kier molecular flexibility index (Phi) is 3.38. The first kappa shape index (κ1) is 14.0. The Morgan fingerprint density at radius 1 is 1.37 bits per heavy atom. The highest BCUT2D eigenvalue weighted by Gasteiger charge is 2.20. The summed E-state index contributed by atoms with van der Waals surface area (Å²) in [5.74, 6) is -0.773. The first-order chi connectivity index (χ1) is 8.77. The highest BCUT2D eigenvalue weighted by atomic mass is 35.5. The maximum absolute atomic E-state index is 13.4. The van der Waals surface area contributed by atoms with Crippen LogP contribution in [0.1, 0.15) is 0 Å². The molecule has 2 aromatic rings. The number of hydrogen-bond acceptors (Lipinski definition) is 3. The molecule has 1 heterocycles. The first-order valence-corrected chi connectivity index (χ1v) is 7.06. The lowest BCUT2D eigenvalue weighted by Crippen LogP contribution is -2.26. The van der Waals surface area contributed by atoms with Crippen molar-refractivity contribution in [2.75, 3.05) is 7.05 Å². The maximum Gasteiger partial charge on any atom is 0.245 e. The van der Waals surface area contributed by atoms with Crippen LogP contribution in [0.15, 0.2) is 28.0 Å². The Hall–Kier alpha value is -1.44. The predicted octanol–water partition coefficient (Wildman–Crippen LogP) is 1.24. The minimum Gasteiger partial charge on any atom is -0.349 e. The van der Waals surface area contributed by atoms with E-state index in [2.05, 4.69) is 4.72 Å². The van der Waals surface area contributed by atoms with Crippen LogP contribution < -0.4 is 10.2 Å². The number of halogens is 2. The summed E-state index contributed by atoms with van der Waals surface area (Å²) in [7, 11) is -1.16. The van der Waals surface area contributed by atoms with Crippen molar-refractivity contribution in [1.82, 2.24) is 9.29 Å². The fourth-order valence-electron chi connectivity index (χ4n) is 1.75. The summed E-state index contributed by atoms with van der Waals surface area (Å²) in [6.07, 6.45) is 1.17. The lowest BCUT2D eigenvalue weighted by molar-refractivity contribution is 0.586. The molecule has 0 aliphatic carbocycles. The molecule has 0 spiro atoms. The summed E-state index contributed by atoms with van der Waals surface area (Å²) in [4.78, 5) is 11.7. The summed E-state index contributed by atoms with van der Waals surface area (Å²) < 4.78 is 40.3. The molecule has 8 heteroatoms. The molecule has 0 atom stereocenters. The molecular formula is C11H10ClFN2O3S. The van der Waals surface area contributed by atoms with Gasteiger partial charge in [0.1, 0.15) is 10.7 Å². The van der Waals surface area contributed by atoms with Gasteiger partial charge in [0.15, 0.2) is 0 Å². The van der Waals surface area contributed by atoms with E-state index in [1.807, 2.05) is 0 Å². The Labute approximate surface area is 113 Å². The molecule has 0 saturated carbocycles. The van der Waals surface area contributed by atoms with Gasteiger partial charge in [0.2, 0.25) is 15.5 Å². The van der Waals surface area contributed by atoms with E-state index in [4.69, 9.17) is 11.6 Å². The minimum atomic E-state index is -3.90. The average molecular weight is 305 g/mol. The van der Waals surface area contributed by atoms with Gasteiger partial charge in [-0.2, -0.15) is 0 Å². The minimum absolute atomic E-state index is 0.0410. The van der Waals surface area contributed by atoms with E-state index in [-0.39, 0.29) is 10.4 Å². The van der Waals surface area contributed by atoms with Gasteiger partial charge in [-0.15, -0.1) is 0 Å². The molecule has 0 saturated heterocycles. The molecule has 0 fully saturated rings. The highest BCUT2D eigenvalue weighted by Crippen LogP contribution is 2.21. The highest BCUT2D eigenvalue weighted by molar-refractivity contribution is 7.89. The lowest BCUT2D eigenvalue weighted by atomic mass is 10.2. The van der Waals surface area contributed by atoms with Gasteiger partial charge in [0, 0.05) is 13.2 Å². The SMILES string of the molecule is CNS(=O)(=O)c1cn(C)c2cc(Cl)c(F)cc2c1=O. The van der Waals surface area contributed by atoms with Gasteiger partial charge in [-0.3, -0.25) is 4.79 Å². The average Bonchev–Trinajstić information content (AvgIpc) is 2.36. The van der Waals surface area contributed by atoms with Crippen molar-refractivity contribution in [3.63, 3.8) is 0 Å². The molecule has 19 heavy (non-hydrogen) atoms. The number of pyridine rings is 1. The second-order valence-electron chi connectivity index (χ2n) is 3.92. The van der Waals surface area contributed by atoms with Crippen LogP contribution in [0.2, 0.25) is 5.02 Å². The zero-order valence-electron chi connectivity index (χ0n) is 10.1. The fraction of sp³-hybridized carbons (Fsp3) is 0.182. The third-order valence-electron chi connectivity index (χ3n) is 2.76. The smallest absolute Gasteiger partial charge is 0.245 e. The number of nitrogens with zero attached hydrogens (tertiary/aromatic N) is 1. The van der Waals surface area contributed by atoms with Crippen molar-refractivity contribution in [3.8, 4) is 0 Å². The fourth-order valence-corrected chi connectivity index (χ4v) is 2.78. The van der Waals surface area contributed by atoms with Crippen molar-refractivity contribution < 1.29 is 12.8 Å². The van der Waals surface area contributed by atoms with E-state index in [9.17, 15) is 17.6 Å². The van der Waals surface area contributed by atoms with Gasteiger partial charge in [-0.05, 0) is 19.2 Å². The summed E-state index contributed by atoms with van der Waals surface area (Å²) in [6, 6.07) is 2.22. The molecule has 1 aromatic heterocycles. The van der Waals surface area contributed by atoms with Crippen molar-refractivity contribution in [3.05, 3.63) is 39.4 Å². The molecule has 0 aliphatic heterocycles. The Morgan fingerprint density at radius 3 is 2.58 bits per heavy atom. The van der Waals surface area contributed by atoms with Crippen LogP contribution in [0.25, 0.3) is 10.9 Å². The van der Waals surface area contributed by atoms with Crippen LogP contribution in [0, 0.1) is 5.82 Å². The zero-order valence-corrected chi connectivity index (χ0v) is 11.6. The number of hydrogen-bond donors (Lipinski definition) is 1. The monoisotopic (exact) mass is 304 g/mol. The largest absolute Gasteiger partial charge is 0.349 e. The van der Waals surface area contributed by atoms with Crippen LogP contribution in [-0.4, -0.2) is 20.0 Å². The number of nitrogens with one attached hydrogen (secondary N) is 1. The van der Waals surface area contributed by atoms with E-state index < -0.39 is 26.2 Å². The molecule has 0 radical (unpaired) electrons.